The van der Waals surface area contributed by atoms with E-state index in [-0.39, 0.29) is 0 Å². The van der Waals surface area contributed by atoms with Crippen molar-refractivity contribution in [3.63, 3.8) is 0 Å². The highest BCUT2D eigenvalue weighted by molar-refractivity contribution is 9.10. The lowest BCUT2D eigenvalue weighted by atomic mass is 9.97. The summed E-state index contributed by atoms with van der Waals surface area (Å²) in [5.41, 5.74) is 6.26. The van der Waals surface area contributed by atoms with Gasteiger partial charge in [0.1, 0.15) is 5.75 Å². The van der Waals surface area contributed by atoms with Crippen molar-refractivity contribution < 1.29 is 4.74 Å². The van der Waals surface area contributed by atoms with Crippen LogP contribution in [0.4, 0.5) is 5.69 Å². The van der Waals surface area contributed by atoms with E-state index in [2.05, 4.69) is 77.6 Å². The molecule has 0 amide bonds. The topological polar surface area (TPSA) is 21.3 Å². The Morgan fingerprint density at radius 2 is 2.00 bits per heavy atom. The van der Waals surface area contributed by atoms with Crippen molar-refractivity contribution in [3.8, 4) is 5.75 Å². The molecule has 0 fully saturated rings. The Bertz CT molecular complexity index is 734. The van der Waals surface area contributed by atoms with Crippen LogP contribution in [-0.4, -0.2) is 13.7 Å². The smallest absolute Gasteiger partial charge is 0.122 e. The number of ether oxygens (including phenoxy) is 1. The van der Waals surface area contributed by atoms with Crippen molar-refractivity contribution in [2.24, 2.45) is 0 Å². The summed E-state index contributed by atoms with van der Waals surface area (Å²) < 4.78 is 6.57. The lowest BCUT2D eigenvalue weighted by Crippen LogP contribution is -1.95. The van der Waals surface area contributed by atoms with Crippen molar-refractivity contribution in [1.82, 2.24) is 0 Å². The quantitative estimate of drug-likeness (QED) is 0.777. The Balaban J connectivity index is 2.01. The van der Waals surface area contributed by atoms with Gasteiger partial charge in [-0.05, 0) is 59.0 Å². The zero-order valence-electron chi connectivity index (χ0n) is 13.1. The zero-order chi connectivity index (χ0) is 15.7. The normalized spacial score (nSPS) is 15.0. The third-order valence-corrected chi connectivity index (χ3v) is 4.51. The molecule has 1 aliphatic rings. The summed E-state index contributed by atoms with van der Waals surface area (Å²) in [7, 11) is 1.73. The van der Waals surface area contributed by atoms with Crippen LogP contribution < -0.4 is 10.1 Å². The monoisotopic (exact) mass is 357 g/mol. The molecular weight excluding hydrogens is 338 g/mol. The first-order chi connectivity index (χ1) is 10.6. The molecule has 3 heteroatoms. The molecule has 114 valence electrons. The minimum atomic E-state index is 0.441. The summed E-state index contributed by atoms with van der Waals surface area (Å²) in [5.74, 6) is 1.40. The maximum atomic E-state index is 5.46. The van der Waals surface area contributed by atoms with Gasteiger partial charge in [-0.2, -0.15) is 0 Å². The molecule has 2 aromatic carbocycles. The Hall–Kier alpha value is -1.74. The summed E-state index contributed by atoms with van der Waals surface area (Å²) in [5, 5.41) is 3.44. The largest absolute Gasteiger partial charge is 0.496 e. The van der Waals surface area contributed by atoms with Gasteiger partial charge in [-0.25, -0.2) is 0 Å². The molecular formula is C19H20BrNO. The second kappa shape index (κ2) is 6.17. The van der Waals surface area contributed by atoms with Crippen molar-refractivity contribution >= 4 is 33.3 Å². The lowest BCUT2D eigenvalue weighted by molar-refractivity contribution is 0.407. The number of halogens is 1. The fourth-order valence-electron chi connectivity index (χ4n) is 2.85. The average molecular weight is 358 g/mol. The fraction of sp³-hybridized carbons (Fsp3) is 0.263. The van der Waals surface area contributed by atoms with Crippen molar-refractivity contribution in [1.29, 1.82) is 0 Å². The molecule has 2 aromatic rings. The third kappa shape index (κ3) is 2.91. The molecule has 3 rings (SSSR count). The highest BCUT2D eigenvalue weighted by Gasteiger charge is 2.16. The van der Waals surface area contributed by atoms with Gasteiger partial charge in [0.05, 0.1) is 7.11 Å². The van der Waals surface area contributed by atoms with Crippen molar-refractivity contribution in [2.45, 2.75) is 19.8 Å². The summed E-state index contributed by atoms with van der Waals surface area (Å²) in [4.78, 5) is 0. The number of fused-ring (bicyclic) bond motifs is 1. The third-order valence-electron chi connectivity index (χ3n) is 4.01. The van der Waals surface area contributed by atoms with Gasteiger partial charge in [-0.3, -0.25) is 0 Å². The minimum absolute atomic E-state index is 0.441. The van der Waals surface area contributed by atoms with Crippen molar-refractivity contribution in [3.05, 3.63) is 57.6 Å². The first-order valence-electron chi connectivity index (χ1n) is 7.51. The van der Waals surface area contributed by atoms with Crippen LogP contribution in [-0.2, 0) is 0 Å². The number of hydrogen-bond acceptors (Lipinski definition) is 2. The van der Waals surface area contributed by atoms with Crippen LogP contribution in [0.1, 0.15) is 36.5 Å². The van der Waals surface area contributed by atoms with Gasteiger partial charge in [-0.1, -0.05) is 35.8 Å². The molecule has 1 aliphatic heterocycles. The van der Waals surface area contributed by atoms with Crippen LogP contribution in [0.3, 0.4) is 0 Å². The van der Waals surface area contributed by atoms with Crippen LogP contribution in [0, 0.1) is 0 Å². The van der Waals surface area contributed by atoms with Gasteiger partial charge in [0.2, 0.25) is 0 Å². The molecule has 1 N–H and O–H groups in total. The zero-order valence-corrected chi connectivity index (χ0v) is 14.7. The van der Waals surface area contributed by atoms with E-state index >= 15 is 0 Å². The van der Waals surface area contributed by atoms with Gasteiger partial charge in [0.25, 0.3) is 0 Å². The Morgan fingerprint density at radius 1 is 1.18 bits per heavy atom. The van der Waals surface area contributed by atoms with Crippen molar-refractivity contribution in [2.75, 3.05) is 19.0 Å². The predicted molar refractivity (Wildman–Crippen MR) is 97.6 cm³/mol. The highest BCUT2D eigenvalue weighted by atomic mass is 79.9. The standard InChI is InChI=1S/C19H20BrNO/c1-12(2)16-9-13(4-7-19(16)22-3)8-14-11-21-18-6-5-15(20)10-17(14)18/h4-10,12,21H,11H2,1-3H3. The van der Waals surface area contributed by atoms with E-state index in [4.69, 9.17) is 4.74 Å². The summed E-state index contributed by atoms with van der Waals surface area (Å²) in [6.07, 6.45) is 2.26. The molecule has 2 nitrogen and oxygen atoms in total. The first kappa shape index (κ1) is 15.2. The number of hydrogen-bond donors (Lipinski definition) is 1. The molecule has 0 atom stereocenters. The van der Waals surface area contributed by atoms with Gasteiger partial charge in [-0.15, -0.1) is 0 Å². The molecule has 0 spiro atoms. The first-order valence-corrected chi connectivity index (χ1v) is 8.30. The predicted octanol–water partition coefficient (Wildman–Crippen LogP) is 5.55. The Labute approximate surface area is 140 Å². The lowest BCUT2D eigenvalue weighted by Gasteiger charge is -2.12. The van der Waals surface area contributed by atoms with E-state index in [1.54, 1.807) is 7.11 Å². The molecule has 0 aromatic heterocycles. The summed E-state index contributed by atoms with van der Waals surface area (Å²) in [6, 6.07) is 12.8. The molecule has 0 saturated heterocycles. The molecule has 0 unspecified atom stereocenters. The van der Waals surface area contributed by atoms with Crippen LogP contribution in [0.25, 0.3) is 11.6 Å². The summed E-state index contributed by atoms with van der Waals surface area (Å²) >= 11 is 3.56. The highest BCUT2D eigenvalue weighted by Crippen LogP contribution is 2.35. The average Bonchev–Trinajstić information content (AvgIpc) is 2.89. The van der Waals surface area contributed by atoms with Crippen LogP contribution >= 0.6 is 15.9 Å². The SMILES string of the molecule is COc1ccc(C=C2CNc3ccc(Br)cc32)cc1C(C)C. The van der Waals surface area contributed by atoms with E-state index in [1.807, 2.05) is 0 Å². The van der Waals surface area contributed by atoms with E-state index in [9.17, 15) is 0 Å². The Kier molecular flexibility index (Phi) is 4.25. The number of methoxy groups -OCH3 is 1. The molecule has 0 bridgehead atoms. The fourth-order valence-corrected chi connectivity index (χ4v) is 3.21. The van der Waals surface area contributed by atoms with E-state index in [1.165, 1.54) is 28.0 Å². The van der Waals surface area contributed by atoms with E-state index in [0.29, 0.717) is 5.92 Å². The number of rotatable bonds is 3. The number of benzene rings is 2. The second-order valence-corrected chi connectivity index (χ2v) is 6.78. The second-order valence-electron chi connectivity index (χ2n) is 5.87. The van der Waals surface area contributed by atoms with E-state index in [0.717, 1.165) is 16.8 Å². The van der Waals surface area contributed by atoms with Gasteiger partial charge < -0.3 is 10.1 Å². The van der Waals surface area contributed by atoms with Crippen LogP contribution in [0.2, 0.25) is 0 Å². The van der Waals surface area contributed by atoms with Crippen LogP contribution in [0.15, 0.2) is 40.9 Å². The maximum absolute atomic E-state index is 5.46. The molecule has 0 aliphatic carbocycles. The maximum Gasteiger partial charge on any atom is 0.122 e. The molecule has 0 radical (unpaired) electrons. The minimum Gasteiger partial charge on any atom is -0.496 e. The molecule has 22 heavy (non-hydrogen) atoms. The van der Waals surface area contributed by atoms with Gasteiger partial charge in [0.15, 0.2) is 0 Å². The van der Waals surface area contributed by atoms with Gasteiger partial charge >= 0.3 is 0 Å². The summed E-state index contributed by atoms with van der Waals surface area (Å²) in [6.45, 7) is 5.26. The molecule has 0 saturated carbocycles. The number of anilines is 1. The number of nitrogens with one attached hydrogen (secondary N) is 1. The Morgan fingerprint density at radius 3 is 2.73 bits per heavy atom. The van der Waals surface area contributed by atoms with E-state index < -0.39 is 0 Å². The van der Waals surface area contributed by atoms with Crippen LogP contribution in [0.5, 0.6) is 5.75 Å². The molecule has 1 heterocycles. The van der Waals surface area contributed by atoms with Gasteiger partial charge in [0, 0.05) is 22.3 Å².